The minimum absolute atomic E-state index is 0.228. The lowest BCUT2D eigenvalue weighted by molar-refractivity contribution is -0.359. The quantitative estimate of drug-likeness (QED) is 0.0261. The molecule has 12 unspecified atom stereocenters. The van der Waals surface area contributed by atoms with Crippen molar-refractivity contribution in [1.82, 2.24) is 5.32 Å². The predicted molar refractivity (Wildman–Crippen MR) is 268 cm³/mol. The maximum atomic E-state index is 12.8. The van der Waals surface area contributed by atoms with Gasteiger partial charge in [0.2, 0.25) is 5.91 Å². The second kappa shape index (κ2) is 41.5. The monoisotopic (exact) mass is 976 g/mol. The summed E-state index contributed by atoms with van der Waals surface area (Å²) in [6, 6.07) is -0.818. The summed E-state index contributed by atoms with van der Waals surface area (Å²) in [5.74, 6) is -0.228. The lowest BCUT2D eigenvalue weighted by atomic mass is 9.97. The van der Waals surface area contributed by atoms with Crippen LogP contribution >= 0.6 is 0 Å². The van der Waals surface area contributed by atoms with E-state index in [4.69, 9.17) is 18.9 Å². The number of ether oxygens (including phenoxy) is 4. The van der Waals surface area contributed by atoms with Gasteiger partial charge in [-0.2, -0.15) is 0 Å². The zero-order valence-electron chi connectivity index (χ0n) is 43.1. The van der Waals surface area contributed by atoms with Gasteiger partial charge in [0.05, 0.1) is 32.0 Å². The first kappa shape index (κ1) is 63.1. The summed E-state index contributed by atoms with van der Waals surface area (Å²) < 4.78 is 22.6. The maximum absolute atomic E-state index is 12.8. The van der Waals surface area contributed by atoms with Gasteiger partial charge in [-0.1, -0.05) is 226 Å². The van der Waals surface area contributed by atoms with Crippen molar-refractivity contribution in [3.8, 4) is 0 Å². The fraction of sp³-hybridized carbons (Fsp3) is 0.981. The molecule has 1 amide bonds. The molecule has 0 aromatic carbocycles. The fourth-order valence-electron chi connectivity index (χ4n) is 9.71. The third-order valence-electron chi connectivity index (χ3n) is 14.3. The maximum Gasteiger partial charge on any atom is 0.220 e. The van der Waals surface area contributed by atoms with E-state index in [1.807, 2.05) is 6.92 Å². The van der Waals surface area contributed by atoms with Crippen LogP contribution in [0.5, 0.6) is 0 Å². The summed E-state index contributed by atoms with van der Waals surface area (Å²) in [6.07, 6.45) is 28.2. The molecule has 0 bridgehead atoms. The first-order chi connectivity index (χ1) is 33.1. The largest absolute Gasteiger partial charge is 0.394 e. The Morgan fingerprint density at radius 3 is 1.25 bits per heavy atom. The molecule has 9 N–H and O–H groups in total. The Labute approximate surface area is 413 Å². The highest BCUT2D eigenvalue weighted by Crippen LogP contribution is 2.30. The van der Waals surface area contributed by atoms with E-state index in [1.54, 1.807) is 0 Å². The molecular weight excluding hydrogens is 871 g/mol. The van der Waals surface area contributed by atoms with E-state index >= 15 is 0 Å². The van der Waals surface area contributed by atoms with E-state index in [1.165, 1.54) is 173 Å². The van der Waals surface area contributed by atoms with Crippen molar-refractivity contribution in [3.05, 3.63) is 0 Å². The van der Waals surface area contributed by atoms with Crippen molar-refractivity contribution in [2.75, 3.05) is 19.8 Å². The van der Waals surface area contributed by atoms with Gasteiger partial charge in [-0.05, 0) is 12.8 Å². The Hall–Kier alpha value is -1.01. The first-order valence-electron chi connectivity index (χ1n) is 28.3. The Kier molecular flexibility index (Phi) is 38.5. The number of hydrogen-bond acceptors (Lipinski definition) is 13. The van der Waals surface area contributed by atoms with Gasteiger partial charge in [0.25, 0.3) is 0 Å². The Morgan fingerprint density at radius 1 is 0.471 bits per heavy atom. The molecule has 0 spiro atoms. The molecule has 2 fully saturated rings. The lowest BCUT2D eigenvalue weighted by Crippen LogP contribution is -2.65. The Balaban J connectivity index is 1.53. The summed E-state index contributed by atoms with van der Waals surface area (Å²) in [5, 5.41) is 86.4. The van der Waals surface area contributed by atoms with E-state index in [0.29, 0.717) is 19.3 Å². The molecule has 12 atom stereocenters. The van der Waals surface area contributed by atoms with Crippen LogP contribution in [0, 0.1) is 0 Å². The molecular formula is C54H105NO13. The number of unbranched alkanes of at least 4 members (excludes halogenated alkanes) is 32. The van der Waals surface area contributed by atoms with Gasteiger partial charge >= 0.3 is 0 Å². The number of rotatable bonds is 45. The van der Waals surface area contributed by atoms with Gasteiger partial charge in [-0.15, -0.1) is 0 Å². The van der Waals surface area contributed by atoms with Crippen LogP contribution in [0.1, 0.15) is 245 Å². The highest BCUT2D eigenvalue weighted by atomic mass is 16.7. The van der Waals surface area contributed by atoms with Gasteiger partial charge < -0.3 is 65.1 Å². The highest BCUT2D eigenvalue weighted by molar-refractivity contribution is 5.76. The summed E-state index contributed by atoms with van der Waals surface area (Å²) in [7, 11) is 0. The van der Waals surface area contributed by atoms with Crippen LogP contribution < -0.4 is 5.32 Å². The molecule has 0 aromatic rings. The molecule has 14 nitrogen and oxygen atoms in total. The topological polar surface area (TPSA) is 228 Å². The van der Waals surface area contributed by atoms with Crippen molar-refractivity contribution in [3.63, 3.8) is 0 Å². The highest BCUT2D eigenvalue weighted by Gasteiger charge is 2.51. The van der Waals surface area contributed by atoms with Crippen LogP contribution in [0.4, 0.5) is 0 Å². The van der Waals surface area contributed by atoms with E-state index in [2.05, 4.69) is 12.2 Å². The molecule has 404 valence electrons. The molecule has 2 heterocycles. The van der Waals surface area contributed by atoms with E-state index in [0.717, 1.165) is 38.5 Å². The summed E-state index contributed by atoms with van der Waals surface area (Å²) >= 11 is 0. The smallest absolute Gasteiger partial charge is 0.220 e. The number of hydrogen-bond donors (Lipinski definition) is 9. The van der Waals surface area contributed by atoms with Crippen LogP contribution in [0.3, 0.4) is 0 Å². The van der Waals surface area contributed by atoms with E-state index in [9.17, 15) is 45.6 Å². The molecule has 0 saturated carbocycles. The van der Waals surface area contributed by atoms with Crippen LogP contribution in [0.15, 0.2) is 0 Å². The number of carbonyl (C=O) groups is 1. The first-order valence-corrected chi connectivity index (χ1v) is 28.3. The number of nitrogens with one attached hydrogen (secondary N) is 1. The van der Waals surface area contributed by atoms with Crippen molar-refractivity contribution in [2.24, 2.45) is 0 Å². The van der Waals surface area contributed by atoms with Crippen LogP contribution in [-0.2, 0) is 23.7 Å². The second-order valence-electron chi connectivity index (χ2n) is 20.4. The minimum atomic E-state index is -1.78. The summed E-state index contributed by atoms with van der Waals surface area (Å²) in [6.45, 7) is 2.69. The molecule has 2 saturated heterocycles. The average Bonchev–Trinajstić information content (AvgIpc) is 3.33. The van der Waals surface area contributed by atoms with Gasteiger partial charge in [0.15, 0.2) is 12.6 Å². The molecule has 0 radical (unpaired) electrons. The van der Waals surface area contributed by atoms with Crippen LogP contribution in [-0.4, -0.2) is 140 Å². The molecule has 2 aliphatic rings. The second-order valence-corrected chi connectivity index (χ2v) is 20.4. The molecule has 68 heavy (non-hydrogen) atoms. The minimum Gasteiger partial charge on any atom is -0.394 e. The summed E-state index contributed by atoms with van der Waals surface area (Å²) in [5.41, 5.74) is 0. The molecule has 2 aliphatic heterocycles. The van der Waals surface area contributed by atoms with E-state index in [-0.39, 0.29) is 12.5 Å². The lowest BCUT2D eigenvalue weighted by Gasteiger charge is -2.46. The summed E-state index contributed by atoms with van der Waals surface area (Å²) in [4.78, 5) is 12.8. The van der Waals surface area contributed by atoms with Crippen molar-refractivity contribution >= 4 is 5.91 Å². The van der Waals surface area contributed by atoms with Gasteiger partial charge in [-0.25, -0.2) is 0 Å². The number of aliphatic hydroxyl groups is 8. The van der Waals surface area contributed by atoms with Crippen LogP contribution in [0.25, 0.3) is 0 Å². The third kappa shape index (κ3) is 27.7. The zero-order chi connectivity index (χ0) is 49.6. The third-order valence-corrected chi connectivity index (χ3v) is 14.3. The van der Waals surface area contributed by atoms with Gasteiger partial charge in [0.1, 0.15) is 48.8 Å². The standard InChI is InChI=1S/C54H105NO13/c1-3-5-7-8-9-10-11-12-13-14-15-16-17-18-19-20-21-22-23-24-25-26-27-28-29-30-31-32-33-34-36-37-43(58)42(55-46(59)38-35-6-4-2)41-65-53-51(64)49(62)52(45(40-57)67-53)68-54-50(63)48(61)47(60)44(39-56)66-54/h42-45,47-54,56-58,60-64H,3-41H2,1-2H3,(H,55,59). The Morgan fingerprint density at radius 2 is 0.838 bits per heavy atom. The van der Waals surface area contributed by atoms with Crippen LogP contribution in [0.2, 0.25) is 0 Å². The zero-order valence-corrected chi connectivity index (χ0v) is 43.1. The molecule has 14 heteroatoms. The molecule has 2 rings (SSSR count). The fourth-order valence-corrected chi connectivity index (χ4v) is 9.71. The average molecular weight is 976 g/mol. The molecule has 0 aromatic heterocycles. The normalized spacial score (nSPS) is 26.3. The predicted octanol–water partition coefficient (Wildman–Crippen LogP) is 8.56. The SMILES string of the molecule is CCCCCCCCCCCCCCCCCCCCCCCCCCCCCCCCCC(O)C(COC1OC(CO)C(OC2OC(CO)C(O)C(O)C2O)C(O)C1O)NC(=O)CCCCC. The van der Waals surface area contributed by atoms with Gasteiger partial charge in [0, 0.05) is 6.42 Å². The number of amides is 1. The molecule has 0 aliphatic carbocycles. The van der Waals surface area contributed by atoms with E-state index < -0.39 is 86.8 Å². The van der Waals surface area contributed by atoms with Crippen molar-refractivity contribution < 1.29 is 64.6 Å². The van der Waals surface area contributed by atoms with Crippen molar-refractivity contribution in [1.29, 1.82) is 0 Å². The van der Waals surface area contributed by atoms with Crippen molar-refractivity contribution in [2.45, 2.75) is 319 Å². The number of carbonyl (C=O) groups excluding carboxylic acids is 1. The van der Waals surface area contributed by atoms with Gasteiger partial charge in [-0.3, -0.25) is 4.79 Å². The number of aliphatic hydroxyl groups excluding tert-OH is 8. The Bertz CT molecular complexity index is 1150.